The van der Waals surface area contributed by atoms with Gasteiger partial charge in [-0.1, -0.05) is 0 Å². The second-order valence-electron chi connectivity index (χ2n) is 3.94. The number of aliphatic hydroxyl groups is 1. The van der Waals surface area contributed by atoms with Gasteiger partial charge in [-0.15, -0.1) is 5.10 Å². The van der Waals surface area contributed by atoms with Gasteiger partial charge >= 0.3 is 0 Å². The summed E-state index contributed by atoms with van der Waals surface area (Å²) in [5, 5.41) is 17.6. The van der Waals surface area contributed by atoms with Gasteiger partial charge in [0, 0.05) is 17.5 Å². The van der Waals surface area contributed by atoms with Gasteiger partial charge in [0.1, 0.15) is 0 Å². The minimum atomic E-state index is -0.346. The summed E-state index contributed by atoms with van der Waals surface area (Å²) in [6, 6.07) is 1.94. The SMILES string of the molecule is OC1CCCc2c1ccn2-c1nccnn1. The van der Waals surface area contributed by atoms with Crippen molar-refractivity contribution in [2.45, 2.75) is 25.4 Å². The lowest BCUT2D eigenvalue weighted by Crippen LogP contribution is -2.12. The molecule has 0 bridgehead atoms. The predicted octanol–water partition coefficient (Wildman–Crippen LogP) is 1.03. The Balaban J connectivity index is 2.10. The Morgan fingerprint density at radius 1 is 1.38 bits per heavy atom. The highest BCUT2D eigenvalue weighted by Gasteiger charge is 2.22. The molecule has 1 N–H and O–H groups in total. The van der Waals surface area contributed by atoms with Crippen molar-refractivity contribution in [1.29, 1.82) is 0 Å². The molecule has 5 nitrogen and oxygen atoms in total. The molecule has 0 radical (unpaired) electrons. The summed E-state index contributed by atoms with van der Waals surface area (Å²) < 4.78 is 1.91. The Kier molecular flexibility index (Phi) is 2.18. The maximum atomic E-state index is 9.85. The smallest absolute Gasteiger partial charge is 0.253 e. The normalized spacial score (nSPS) is 19.4. The van der Waals surface area contributed by atoms with Crippen LogP contribution in [0.15, 0.2) is 24.7 Å². The van der Waals surface area contributed by atoms with Crippen molar-refractivity contribution in [3.05, 3.63) is 35.9 Å². The summed E-state index contributed by atoms with van der Waals surface area (Å²) >= 11 is 0. The van der Waals surface area contributed by atoms with Crippen LogP contribution in [-0.4, -0.2) is 24.9 Å². The topological polar surface area (TPSA) is 63.8 Å². The predicted molar refractivity (Wildman–Crippen MR) is 57.1 cm³/mol. The lowest BCUT2D eigenvalue weighted by Gasteiger charge is -2.19. The van der Waals surface area contributed by atoms with Crippen LogP contribution in [0.3, 0.4) is 0 Å². The molecule has 16 heavy (non-hydrogen) atoms. The molecular weight excluding hydrogens is 204 g/mol. The van der Waals surface area contributed by atoms with Gasteiger partial charge in [0.2, 0.25) is 0 Å². The van der Waals surface area contributed by atoms with Crippen molar-refractivity contribution in [2.24, 2.45) is 0 Å². The Morgan fingerprint density at radius 3 is 3.12 bits per heavy atom. The lowest BCUT2D eigenvalue weighted by atomic mass is 9.95. The monoisotopic (exact) mass is 216 g/mol. The summed E-state index contributed by atoms with van der Waals surface area (Å²) in [6.07, 6.45) is 7.51. The highest BCUT2D eigenvalue weighted by molar-refractivity contribution is 5.32. The molecule has 3 rings (SSSR count). The van der Waals surface area contributed by atoms with E-state index in [9.17, 15) is 5.11 Å². The van der Waals surface area contributed by atoms with Crippen LogP contribution in [0.5, 0.6) is 0 Å². The summed E-state index contributed by atoms with van der Waals surface area (Å²) in [4.78, 5) is 4.16. The van der Waals surface area contributed by atoms with Crippen LogP contribution in [0, 0.1) is 0 Å². The van der Waals surface area contributed by atoms with Crippen molar-refractivity contribution < 1.29 is 5.11 Å². The molecule has 0 aliphatic heterocycles. The fourth-order valence-corrected chi connectivity index (χ4v) is 2.20. The summed E-state index contributed by atoms with van der Waals surface area (Å²) in [5.74, 6) is 0.567. The number of rotatable bonds is 1. The summed E-state index contributed by atoms with van der Waals surface area (Å²) in [6.45, 7) is 0. The molecule has 0 fully saturated rings. The number of hydrogen-bond donors (Lipinski definition) is 1. The molecule has 1 atom stereocenters. The maximum Gasteiger partial charge on any atom is 0.253 e. The van der Waals surface area contributed by atoms with Crippen LogP contribution < -0.4 is 0 Å². The third-order valence-corrected chi connectivity index (χ3v) is 2.96. The summed E-state index contributed by atoms with van der Waals surface area (Å²) in [7, 11) is 0. The molecule has 2 aromatic rings. The zero-order valence-corrected chi connectivity index (χ0v) is 8.74. The van der Waals surface area contributed by atoms with E-state index in [1.807, 2.05) is 16.8 Å². The van der Waals surface area contributed by atoms with E-state index in [0.29, 0.717) is 5.95 Å². The van der Waals surface area contributed by atoms with Crippen molar-refractivity contribution in [3.8, 4) is 5.95 Å². The highest BCUT2D eigenvalue weighted by atomic mass is 16.3. The first-order valence-electron chi connectivity index (χ1n) is 5.38. The maximum absolute atomic E-state index is 9.85. The van der Waals surface area contributed by atoms with Crippen LogP contribution in [-0.2, 0) is 6.42 Å². The molecule has 1 unspecified atom stereocenters. The van der Waals surface area contributed by atoms with Crippen LogP contribution in [0.4, 0.5) is 0 Å². The van der Waals surface area contributed by atoms with Crippen molar-refractivity contribution >= 4 is 0 Å². The van der Waals surface area contributed by atoms with Gasteiger partial charge in [-0.05, 0) is 25.3 Å². The van der Waals surface area contributed by atoms with Crippen LogP contribution in [0.25, 0.3) is 5.95 Å². The van der Waals surface area contributed by atoms with Crippen LogP contribution in [0.2, 0.25) is 0 Å². The molecule has 1 aliphatic rings. The molecule has 2 aromatic heterocycles. The zero-order valence-electron chi connectivity index (χ0n) is 8.74. The zero-order chi connectivity index (χ0) is 11.0. The second kappa shape index (κ2) is 3.68. The fraction of sp³-hybridized carbons (Fsp3) is 0.364. The number of aromatic nitrogens is 4. The third kappa shape index (κ3) is 1.40. The minimum Gasteiger partial charge on any atom is -0.388 e. The van der Waals surface area contributed by atoms with Gasteiger partial charge in [-0.25, -0.2) is 4.98 Å². The average molecular weight is 216 g/mol. The van der Waals surface area contributed by atoms with Crippen molar-refractivity contribution in [3.63, 3.8) is 0 Å². The molecule has 1 aliphatic carbocycles. The highest BCUT2D eigenvalue weighted by Crippen LogP contribution is 2.31. The Bertz CT molecular complexity index is 494. The van der Waals surface area contributed by atoms with E-state index in [2.05, 4.69) is 15.2 Å². The van der Waals surface area contributed by atoms with Crippen molar-refractivity contribution in [2.75, 3.05) is 0 Å². The molecule has 0 saturated carbocycles. The molecule has 0 aromatic carbocycles. The van der Waals surface area contributed by atoms with Gasteiger partial charge < -0.3 is 5.11 Å². The largest absolute Gasteiger partial charge is 0.388 e. The molecule has 0 saturated heterocycles. The number of fused-ring (bicyclic) bond motifs is 1. The molecule has 0 spiro atoms. The van der Waals surface area contributed by atoms with Gasteiger partial charge in [0.15, 0.2) is 0 Å². The van der Waals surface area contributed by atoms with Crippen LogP contribution in [0.1, 0.15) is 30.2 Å². The standard InChI is InChI=1S/C11H12N4O/c16-10-3-1-2-9-8(10)4-7-15(9)11-12-5-6-13-14-11/h4-7,10,16H,1-3H2. The average Bonchev–Trinajstić information content (AvgIpc) is 2.75. The first kappa shape index (κ1) is 9.47. The first-order chi connectivity index (χ1) is 7.86. The van der Waals surface area contributed by atoms with E-state index in [1.165, 1.54) is 0 Å². The van der Waals surface area contributed by atoms with E-state index in [4.69, 9.17) is 0 Å². The fourth-order valence-electron chi connectivity index (χ4n) is 2.20. The first-order valence-corrected chi connectivity index (χ1v) is 5.38. The van der Waals surface area contributed by atoms with Gasteiger partial charge in [0.05, 0.1) is 18.5 Å². The molecular formula is C11H12N4O. The molecule has 82 valence electrons. The number of aliphatic hydroxyl groups excluding tert-OH is 1. The quantitative estimate of drug-likeness (QED) is 0.773. The van der Waals surface area contributed by atoms with Gasteiger partial charge in [-0.2, -0.15) is 5.10 Å². The van der Waals surface area contributed by atoms with Crippen LogP contribution >= 0.6 is 0 Å². The third-order valence-electron chi connectivity index (χ3n) is 2.96. The molecule has 2 heterocycles. The van der Waals surface area contributed by atoms with E-state index >= 15 is 0 Å². The van der Waals surface area contributed by atoms with Gasteiger partial charge in [0.25, 0.3) is 5.95 Å². The molecule has 5 heteroatoms. The lowest BCUT2D eigenvalue weighted by molar-refractivity contribution is 0.156. The second-order valence-corrected chi connectivity index (χ2v) is 3.94. The van der Waals surface area contributed by atoms with Gasteiger partial charge in [-0.3, -0.25) is 4.57 Å². The minimum absolute atomic E-state index is 0.346. The van der Waals surface area contributed by atoms with E-state index in [1.54, 1.807) is 12.4 Å². The Hall–Kier alpha value is -1.75. The van der Waals surface area contributed by atoms with E-state index < -0.39 is 0 Å². The number of hydrogen-bond acceptors (Lipinski definition) is 4. The molecule has 0 amide bonds. The van der Waals surface area contributed by atoms with E-state index in [-0.39, 0.29) is 6.10 Å². The Labute approximate surface area is 92.8 Å². The summed E-state index contributed by atoms with van der Waals surface area (Å²) in [5.41, 5.74) is 2.10. The van der Waals surface area contributed by atoms with E-state index in [0.717, 1.165) is 30.5 Å². The number of nitrogens with zero attached hydrogens (tertiary/aromatic N) is 4. The Morgan fingerprint density at radius 2 is 2.31 bits per heavy atom. The van der Waals surface area contributed by atoms with Crippen molar-refractivity contribution in [1.82, 2.24) is 19.7 Å².